The summed E-state index contributed by atoms with van der Waals surface area (Å²) in [6, 6.07) is 0. The van der Waals surface area contributed by atoms with Gasteiger partial charge in [-0.3, -0.25) is 9.48 Å². The number of aryl methyl sites for hydroxylation is 1. The van der Waals surface area contributed by atoms with Crippen molar-refractivity contribution in [2.45, 2.75) is 31.6 Å². The Hall–Kier alpha value is -1.01. The summed E-state index contributed by atoms with van der Waals surface area (Å²) < 4.78 is 1.82. The van der Waals surface area contributed by atoms with Gasteiger partial charge in [-0.1, -0.05) is 0 Å². The molecule has 1 amide bonds. The molecule has 19 heavy (non-hydrogen) atoms. The van der Waals surface area contributed by atoms with Crippen LogP contribution >= 0.6 is 11.8 Å². The molecule has 0 saturated carbocycles. The molecule has 2 N–H and O–H groups in total. The second kappa shape index (κ2) is 6.96. The van der Waals surface area contributed by atoms with E-state index in [0.717, 1.165) is 24.3 Å². The first-order chi connectivity index (χ1) is 9.16. The van der Waals surface area contributed by atoms with E-state index in [0.29, 0.717) is 17.5 Å². The molecule has 2 rings (SSSR count). The van der Waals surface area contributed by atoms with Crippen LogP contribution in [-0.4, -0.2) is 39.8 Å². The number of piperidine rings is 1. The van der Waals surface area contributed by atoms with E-state index in [-0.39, 0.29) is 5.91 Å². The minimum atomic E-state index is 0.117. The van der Waals surface area contributed by atoms with Crippen LogP contribution in [-0.2, 0) is 18.4 Å². The van der Waals surface area contributed by atoms with Gasteiger partial charge >= 0.3 is 0 Å². The van der Waals surface area contributed by atoms with Crippen molar-refractivity contribution in [3.8, 4) is 0 Å². The highest BCUT2D eigenvalue weighted by atomic mass is 32.2. The summed E-state index contributed by atoms with van der Waals surface area (Å²) >= 11 is 1.78. The lowest BCUT2D eigenvalue weighted by molar-refractivity contribution is -0.118. The molecule has 0 aliphatic carbocycles. The molecule has 1 aliphatic rings. The molecule has 0 unspecified atom stereocenters. The van der Waals surface area contributed by atoms with Gasteiger partial charge in [-0.05, 0) is 32.9 Å². The lowest BCUT2D eigenvalue weighted by Crippen LogP contribution is -2.31. The molecule has 2 heterocycles. The Morgan fingerprint density at radius 3 is 2.95 bits per heavy atom. The monoisotopic (exact) mass is 282 g/mol. The van der Waals surface area contributed by atoms with Gasteiger partial charge in [0.2, 0.25) is 5.91 Å². The number of hydrogen-bond acceptors (Lipinski definition) is 4. The standard InChI is InChI=1S/C13H22N4OS/c1-10-11(8-16-17(10)2)7-15-13(18)9-19-12-3-5-14-6-4-12/h8,12,14H,3-7,9H2,1-2H3,(H,15,18). The van der Waals surface area contributed by atoms with Crippen LogP contribution in [0.25, 0.3) is 0 Å². The highest BCUT2D eigenvalue weighted by Crippen LogP contribution is 2.19. The first-order valence-corrected chi connectivity index (χ1v) is 7.78. The fourth-order valence-corrected chi connectivity index (χ4v) is 3.18. The molecule has 1 saturated heterocycles. The van der Waals surface area contributed by atoms with Crippen molar-refractivity contribution in [1.82, 2.24) is 20.4 Å². The normalized spacial score (nSPS) is 16.5. The first kappa shape index (κ1) is 14.4. The van der Waals surface area contributed by atoms with E-state index in [9.17, 15) is 4.79 Å². The summed E-state index contributed by atoms with van der Waals surface area (Å²) in [4.78, 5) is 11.8. The molecule has 5 nitrogen and oxygen atoms in total. The van der Waals surface area contributed by atoms with Gasteiger partial charge in [-0.2, -0.15) is 5.10 Å². The Balaban J connectivity index is 1.68. The third-order valence-electron chi connectivity index (χ3n) is 3.55. The Bertz CT molecular complexity index is 426. The summed E-state index contributed by atoms with van der Waals surface area (Å²) in [5, 5.41) is 11.1. The minimum Gasteiger partial charge on any atom is -0.351 e. The maximum absolute atomic E-state index is 11.8. The Morgan fingerprint density at radius 2 is 2.32 bits per heavy atom. The molecule has 1 aromatic heterocycles. The topological polar surface area (TPSA) is 59.0 Å². The summed E-state index contributed by atoms with van der Waals surface area (Å²) in [5.74, 6) is 0.677. The number of amides is 1. The van der Waals surface area contributed by atoms with Gasteiger partial charge in [0.25, 0.3) is 0 Å². The largest absolute Gasteiger partial charge is 0.351 e. The number of nitrogens with zero attached hydrogens (tertiary/aromatic N) is 2. The number of carbonyl (C=O) groups is 1. The molecule has 106 valence electrons. The summed E-state index contributed by atoms with van der Waals surface area (Å²) in [5.41, 5.74) is 2.19. The molecular formula is C13H22N4OS. The van der Waals surface area contributed by atoms with Gasteiger partial charge in [0, 0.05) is 30.1 Å². The maximum atomic E-state index is 11.8. The number of thioether (sulfide) groups is 1. The number of hydrogen-bond donors (Lipinski definition) is 2. The van der Waals surface area contributed by atoms with E-state index in [4.69, 9.17) is 0 Å². The average molecular weight is 282 g/mol. The Morgan fingerprint density at radius 1 is 1.58 bits per heavy atom. The zero-order valence-electron chi connectivity index (χ0n) is 11.6. The van der Waals surface area contributed by atoms with Gasteiger partial charge in [0.1, 0.15) is 0 Å². The summed E-state index contributed by atoms with van der Waals surface area (Å²) in [6.07, 6.45) is 4.15. The SMILES string of the molecule is Cc1c(CNC(=O)CSC2CCNCC2)cnn1C. The van der Waals surface area contributed by atoms with Crippen LogP contribution in [0.3, 0.4) is 0 Å². The van der Waals surface area contributed by atoms with Crippen LogP contribution < -0.4 is 10.6 Å². The molecule has 0 radical (unpaired) electrons. The summed E-state index contributed by atoms with van der Waals surface area (Å²) in [6.45, 7) is 4.74. The van der Waals surface area contributed by atoms with Crippen molar-refractivity contribution in [2.75, 3.05) is 18.8 Å². The van der Waals surface area contributed by atoms with E-state index >= 15 is 0 Å². The van der Waals surface area contributed by atoms with E-state index < -0.39 is 0 Å². The molecular weight excluding hydrogens is 260 g/mol. The van der Waals surface area contributed by atoms with Crippen molar-refractivity contribution in [1.29, 1.82) is 0 Å². The van der Waals surface area contributed by atoms with Gasteiger partial charge in [0.15, 0.2) is 0 Å². The molecule has 0 aromatic carbocycles. The molecule has 1 aliphatic heterocycles. The third-order valence-corrected chi connectivity index (χ3v) is 4.92. The highest BCUT2D eigenvalue weighted by molar-refractivity contribution is 8.00. The number of rotatable bonds is 5. The van der Waals surface area contributed by atoms with Crippen molar-refractivity contribution >= 4 is 17.7 Å². The number of carbonyl (C=O) groups excluding carboxylic acids is 1. The lowest BCUT2D eigenvalue weighted by atomic mass is 10.2. The third kappa shape index (κ3) is 4.24. The predicted octanol–water partition coefficient (Wildman–Crippen LogP) is 0.830. The van der Waals surface area contributed by atoms with Crippen LogP contribution in [0.4, 0.5) is 0 Å². The highest BCUT2D eigenvalue weighted by Gasteiger charge is 2.15. The fourth-order valence-electron chi connectivity index (χ4n) is 2.12. The van der Waals surface area contributed by atoms with Gasteiger partial charge in [-0.25, -0.2) is 0 Å². The van der Waals surface area contributed by atoms with Crippen LogP contribution in [0.15, 0.2) is 6.20 Å². The van der Waals surface area contributed by atoms with Gasteiger partial charge < -0.3 is 10.6 Å². The zero-order chi connectivity index (χ0) is 13.7. The van der Waals surface area contributed by atoms with Crippen molar-refractivity contribution in [3.05, 3.63) is 17.5 Å². The molecule has 6 heteroatoms. The molecule has 1 fully saturated rings. The maximum Gasteiger partial charge on any atom is 0.230 e. The minimum absolute atomic E-state index is 0.117. The van der Waals surface area contributed by atoms with Crippen LogP contribution in [0.2, 0.25) is 0 Å². The van der Waals surface area contributed by atoms with Crippen LogP contribution in [0.5, 0.6) is 0 Å². The van der Waals surface area contributed by atoms with E-state index in [2.05, 4.69) is 15.7 Å². The fraction of sp³-hybridized carbons (Fsp3) is 0.692. The van der Waals surface area contributed by atoms with Crippen LogP contribution in [0, 0.1) is 6.92 Å². The predicted molar refractivity (Wildman–Crippen MR) is 78.1 cm³/mol. The smallest absolute Gasteiger partial charge is 0.230 e. The van der Waals surface area contributed by atoms with Crippen molar-refractivity contribution in [2.24, 2.45) is 7.05 Å². The molecule has 1 aromatic rings. The average Bonchev–Trinajstić information content (AvgIpc) is 2.75. The van der Waals surface area contributed by atoms with E-state index in [1.807, 2.05) is 24.9 Å². The molecule has 0 bridgehead atoms. The first-order valence-electron chi connectivity index (χ1n) is 6.73. The molecule has 0 atom stereocenters. The van der Waals surface area contributed by atoms with Gasteiger partial charge in [0.05, 0.1) is 11.9 Å². The second-order valence-corrected chi connectivity index (χ2v) is 6.20. The Labute approximate surface area is 118 Å². The number of nitrogens with one attached hydrogen (secondary N) is 2. The zero-order valence-corrected chi connectivity index (χ0v) is 12.4. The second-order valence-electron chi connectivity index (χ2n) is 4.92. The van der Waals surface area contributed by atoms with E-state index in [1.165, 1.54) is 12.8 Å². The lowest BCUT2D eigenvalue weighted by Gasteiger charge is -2.21. The Kier molecular flexibility index (Phi) is 5.27. The van der Waals surface area contributed by atoms with Crippen molar-refractivity contribution in [3.63, 3.8) is 0 Å². The number of aromatic nitrogens is 2. The summed E-state index contributed by atoms with van der Waals surface area (Å²) in [7, 11) is 1.91. The van der Waals surface area contributed by atoms with E-state index in [1.54, 1.807) is 11.8 Å². The molecule has 0 spiro atoms. The quantitative estimate of drug-likeness (QED) is 0.840. The van der Waals surface area contributed by atoms with Gasteiger partial charge in [-0.15, -0.1) is 11.8 Å². The van der Waals surface area contributed by atoms with Crippen LogP contribution in [0.1, 0.15) is 24.1 Å². The van der Waals surface area contributed by atoms with Crippen molar-refractivity contribution < 1.29 is 4.79 Å².